The van der Waals surface area contributed by atoms with Crippen molar-refractivity contribution in [1.82, 2.24) is 10.6 Å². The highest BCUT2D eigenvalue weighted by Gasteiger charge is 2.54. The Morgan fingerprint density at radius 3 is 2.14 bits per heavy atom. The molecule has 1 aliphatic carbocycles. The Balaban J connectivity index is 1.55. The lowest BCUT2D eigenvalue weighted by Gasteiger charge is -2.46. The third-order valence-corrected chi connectivity index (χ3v) is 9.35. The number of amides is 1. The largest absolute Gasteiger partial charge is 0.395 e. The van der Waals surface area contributed by atoms with Crippen LogP contribution in [0.5, 0.6) is 0 Å². The summed E-state index contributed by atoms with van der Waals surface area (Å²) in [6.45, 7) is -0.814. The van der Waals surface area contributed by atoms with E-state index in [1.807, 2.05) is 0 Å². The second kappa shape index (κ2) is 19.1. The maximum absolute atomic E-state index is 12.7. The zero-order valence-corrected chi connectivity index (χ0v) is 27.9. The van der Waals surface area contributed by atoms with Crippen molar-refractivity contribution in [2.75, 3.05) is 39.4 Å². The van der Waals surface area contributed by atoms with Crippen molar-refractivity contribution in [3.63, 3.8) is 0 Å². The summed E-state index contributed by atoms with van der Waals surface area (Å²) in [5.74, 6) is -1.05. The minimum Gasteiger partial charge on any atom is -0.395 e. The van der Waals surface area contributed by atoms with E-state index in [0.29, 0.717) is 13.1 Å². The molecule has 51 heavy (non-hydrogen) atoms. The van der Waals surface area contributed by atoms with E-state index in [9.17, 15) is 40.5 Å². The Kier molecular flexibility index (Phi) is 15.8. The lowest BCUT2D eigenvalue weighted by Crippen LogP contribution is -2.67. The zero-order chi connectivity index (χ0) is 37.6. The van der Waals surface area contributed by atoms with Gasteiger partial charge in [-0.15, -0.1) is 0 Å². The average Bonchev–Trinajstić information content (AvgIpc) is 3.41. The van der Waals surface area contributed by atoms with Crippen LogP contribution in [-0.4, -0.2) is 202 Å². The maximum atomic E-state index is 12.7. The van der Waals surface area contributed by atoms with Crippen LogP contribution in [0.2, 0.25) is 0 Å². The Labute approximate surface area is 293 Å². The van der Waals surface area contributed by atoms with Crippen molar-refractivity contribution in [2.45, 2.75) is 123 Å². The van der Waals surface area contributed by atoms with Gasteiger partial charge in [-0.2, -0.15) is 0 Å². The summed E-state index contributed by atoms with van der Waals surface area (Å²) in [7, 11) is 0. The normalized spacial score (nSPS) is 44.3. The van der Waals surface area contributed by atoms with Gasteiger partial charge in [-0.1, -0.05) is 12.2 Å². The number of hydrogen-bond donors (Lipinski definition) is 15. The number of carbonyl (C=O) groups is 1. The molecule has 0 aromatic heterocycles. The molecule has 0 aromatic rings. The number of rotatable bonds is 16. The van der Waals surface area contributed by atoms with E-state index in [2.05, 4.69) is 10.6 Å². The molecule has 0 spiro atoms. The molecule has 1 saturated carbocycles. The monoisotopic (exact) mass is 741 g/mol. The van der Waals surface area contributed by atoms with Crippen LogP contribution in [0.25, 0.3) is 0 Å². The Morgan fingerprint density at radius 2 is 1.49 bits per heavy atom. The van der Waals surface area contributed by atoms with Gasteiger partial charge in [0.1, 0.15) is 61.0 Å². The smallest absolute Gasteiger partial charge is 0.251 e. The van der Waals surface area contributed by atoms with Crippen molar-refractivity contribution < 1.29 is 74.1 Å². The molecule has 3 fully saturated rings. The summed E-state index contributed by atoms with van der Waals surface area (Å²) in [4.78, 5) is 12.7. The number of hydrogen-bond acceptors (Lipinski definition) is 21. The number of nitrogens with two attached hydrogens (primary N) is 5. The van der Waals surface area contributed by atoms with E-state index in [1.54, 1.807) is 12.2 Å². The molecule has 22 nitrogen and oxygen atoms in total. The van der Waals surface area contributed by atoms with Crippen LogP contribution < -0.4 is 39.3 Å². The standard InChI is InChI=1S/C29H55N7O15/c30-6-14(39)19(41)26(45)36-13-5-12(33)23(49-27-11(32)2-1-10(46-27)8-35-3-4-37)25(18(13)40)51-29-22(44)24(16(9-38)48-29)50-28-17(34)21(43)20(42)15(7-31)47-28/h1-2,10-25,27-29,35,37-44H,3-9,30-34H2,(H,36,45)/t10-,11+,12-,13+,14-,15-,16+,17+,18-,19-,20+,21+,22+,23+,24+,25+,27+,28+,29-/m0/s1. The molecular formula is C29H55N7O15. The van der Waals surface area contributed by atoms with Gasteiger partial charge in [-0.3, -0.25) is 4.79 Å². The number of carbonyl (C=O) groups excluding carboxylic acids is 1. The maximum Gasteiger partial charge on any atom is 0.251 e. The highest BCUT2D eigenvalue weighted by molar-refractivity contribution is 5.81. The van der Waals surface area contributed by atoms with Crippen LogP contribution in [-0.2, 0) is 33.2 Å². The van der Waals surface area contributed by atoms with Gasteiger partial charge in [0.2, 0.25) is 0 Å². The predicted molar refractivity (Wildman–Crippen MR) is 171 cm³/mol. The number of aliphatic hydroxyl groups excluding tert-OH is 8. The van der Waals surface area contributed by atoms with Crippen molar-refractivity contribution in [3.05, 3.63) is 12.2 Å². The first-order valence-electron chi connectivity index (χ1n) is 16.8. The first kappa shape index (κ1) is 42.2. The van der Waals surface area contributed by atoms with E-state index < -0.39 is 135 Å². The summed E-state index contributed by atoms with van der Waals surface area (Å²) in [6.07, 6.45) is -17.7. The van der Waals surface area contributed by atoms with Crippen LogP contribution in [0.15, 0.2) is 12.2 Å². The highest BCUT2D eigenvalue weighted by Crippen LogP contribution is 2.34. The van der Waals surface area contributed by atoms with Crippen LogP contribution in [0.1, 0.15) is 6.42 Å². The molecule has 3 aliphatic heterocycles. The van der Waals surface area contributed by atoms with E-state index in [4.69, 9.17) is 62.2 Å². The molecule has 4 rings (SSSR count). The number of ether oxygens (including phenoxy) is 6. The van der Waals surface area contributed by atoms with E-state index >= 15 is 0 Å². The molecule has 19 atom stereocenters. The van der Waals surface area contributed by atoms with Gasteiger partial charge in [-0.05, 0) is 6.42 Å². The van der Waals surface area contributed by atoms with Gasteiger partial charge in [0.25, 0.3) is 5.91 Å². The summed E-state index contributed by atoms with van der Waals surface area (Å²) >= 11 is 0. The fraction of sp³-hybridized carbons (Fsp3) is 0.897. The van der Waals surface area contributed by atoms with Gasteiger partial charge >= 0.3 is 0 Å². The van der Waals surface area contributed by atoms with Crippen LogP contribution in [0.3, 0.4) is 0 Å². The van der Waals surface area contributed by atoms with E-state index in [0.717, 1.165) is 0 Å². The number of aliphatic hydroxyl groups is 8. The lowest BCUT2D eigenvalue weighted by atomic mass is 9.83. The van der Waals surface area contributed by atoms with Gasteiger partial charge < -0.3 is 109 Å². The number of nitrogens with one attached hydrogen (secondary N) is 2. The van der Waals surface area contributed by atoms with Gasteiger partial charge in [-0.25, -0.2) is 0 Å². The fourth-order valence-electron chi connectivity index (χ4n) is 6.37. The highest BCUT2D eigenvalue weighted by atomic mass is 16.8. The second-order valence-electron chi connectivity index (χ2n) is 13.0. The molecule has 4 aliphatic rings. The SMILES string of the molecule is NC[C@@H]1O[C@H](O[C@H]2[C@@H](O)[C@H](O[C@@H]3[C@@H](O)[C@H](NC(=O)[C@@H](O)[C@@H](O)CN)C[C@H](N)[C@H]3O[C@H]3O[C@H](CNCCO)C=C[C@H]3N)O[C@@H]2CO)[C@H](N)[C@@H](O)[C@@H]1O. The van der Waals surface area contributed by atoms with E-state index in [1.165, 1.54) is 0 Å². The van der Waals surface area contributed by atoms with Gasteiger partial charge in [0.05, 0.1) is 37.4 Å². The first-order valence-corrected chi connectivity index (χ1v) is 16.8. The van der Waals surface area contributed by atoms with Crippen molar-refractivity contribution in [2.24, 2.45) is 28.7 Å². The molecule has 22 heteroatoms. The minimum absolute atomic E-state index is 0.0957. The molecule has 0 unspecified atom stereocenters. The molecule has 296 valence electrons. The van der Waals surface area contributed by atoms with Crippen LogP contribution in [0, 0.1) is 0 Å². The minimum atomic E-state index is -1.93. The Hall–Kier alpha value is -1.59. The summed E-state index contributed by atoms with van der Waals surface area (Å²) < 4.78 is 35.6. The quantitative estimate of drug-likeness (QED) is 0.0515. The average molecular weight is 742 g/mol. The van der Waals surface area contributed by atoms with Crippen molar-refractivity contribution in [3.8, 4) is 0 Å². The molecule has 3 heterocycles. The Bertz CT molecular complexity index is 1120. The second-order valence-corrected chi connectivity index (χ2v) is 13.0. The summed E-state index contributed by atoms with van der Waals surface area (Å²) in [5.41, 5.74) is 29.8. The molecule has 0 bridgehead atoms. The van der Waals surface area contributed by atoms with Crippen LogP contribution >= 0.6 is 0 Å². The zero-order valence-electron chi connectivity index (χ0n) is 27.9. The van der Waals surface area contributed by atoms with Gasteiger partial charge in [0, 0.05) is 32.2 Å². The van der Waals surface area contributed by atoms with Gasteiger partial charge in [0.15, 0.2) is 25.0 Å². The van der Waals surface area contributed by atoms with Crippen LogP contribution in [0.4, 0.5) is 0 Å². The summed E-state index contributed by atoms with van der Waals surface area (Å²) in [6, 6.07) is -4.30. The topological polar surface area (TPSA) is 388 Å². The molecule has 0 aromatic carbocycles. The Morgan fingerprint density at radius 1 is 0.824 bits per heavy atom. The molecular weight excluding hydrogens is 686 g/mol. The third-order valence-electron chi connectivity index (χ3n) is 9.35. The first-order chi connectivity index (χ1) is 24.3. The fourth-order valence-corrected chi connectivity index (χ4v) is 6.37. The molecule has 0 radical (unpaired) electrons. The van der Waals surface area contributed by atoms with Crippen molar-refractivity contribution >= 4 is 5.91 Å². The van der Waals surface area contributed by atoms with Crippen molar-refractivity contribution in [1.29, 1.82) is 0 Å². The third kappa shape index (κ3) is 9.94. The summed E-state index contributed by atoms with van der Waals surface area (Å²) in [5, 5.41) is 88.3. The molecule has 1 amide bonds. The molecule has 20 N–H and O–H groups in total. The predicted octanol–water partition coefficient (Wildman–Crippen LogP) is -9.60. The molecule has 2 saturated heterocycles. The van der Waals surface area contributed by atoms with E-state index in [-0.39, 0.29) is 19.6 Å². The lowest BCUT2D eigenvalue weighted by molar-refractivity contribution is -0.284.